The van der Waals surface area contributed by atoms with Gasteiger partial charge in [0.1, 0.15) is 0 Å². The first-order valence-corrected chi connectivity index (χ1v) is 6.15. The van der Waals surface area contributed by atoms with Crippen molar-refractivity contribution in [2.75, 3.05) is 7.11 Å². The molecule has 0 aliphatic heterocycles. The van der Waals surface area contributed by atoms with Crippen molar-refractivity contribution in [3.05, 3.63) is 28.0 Å². The number of imidazole rings is 1. The van der Waals surface area contributed by atoms with Gasteiger partial charge < -0.3 is 14.3 Å². The first-order valence-electron chi connectivity index (χ1n) is 5.37. The minimum atomic E-state index is -0.285. The van der Waals surface area contributed by atoms with Crippen LogP contribution in [0.3, 0.4) is 0 Å². The molecule has 3 nitrogen and oxygen atoms in total. The molecule has 5 heteroatoms. The first-order chi connectivity index (χ1) is 7.94. The second-order valence-electron chi connectivity index (χ2n) is 4.62. The van der Waals surface area contributed by atoms with Crippen LogP contribution in [0.15, 0.2) is 18.2 Å². The molecule has 0 fully saturated rings. The van der Waals surface area contributed by atoms with Crippen LogP contribution in [0.5, 0.6) is 0 Å². The van der Waals surface area contributed by atoms with Crippen molar-refractivity contribution in [1.29, 1.82) is 0 Å². The lowest BCUT2D eigenvalue weighted by atomic mass is 10.1. The zero-order valence-electron chi connectivity index (χ0n) is 10.1. The summed E-state index contributed by atoms with van der Waals surface area (Å²) in [6.07, 6.45) is 0. The van der Waals surface area contributed by atoms with Gasteiger partial charge in [0.2, 0.25) is 0 Å². The average Bonchev–Trinajstić information content (AvgIpc) is 2.56. The van der Waals surface area contributed by atoms with Crippen molar-refractivity contribution in [3.8, 4) is 0 Å². The number of benzene rings is 1. The highest BCUT2D eigenvalue weighted by atomic mass is 35.5. The first kappa shape index (κ1) is 12.6. The molecular weight excluding hydrogens is 256 g/mol. The molecule has 0 aliphatic carbocycles. The lowest BCUT2D eigenvalue weighted by molar-refractivity contribution is 0.00874. The van der Waals surface area contributed by atoms with E-state index >= 15 is 0 Å². The van der Waals surface area contributed by atoms with Crippen LogP contribution in [0.4, 0.5) is 0 Å². The van der Waals surface area contributed by atoms with Gasteiger partial charge in [0.25, 0.3) is 0 Å². The predicted molar refractivity (Wildman–Crippen MR) is 73.2 cm³/mol. The second-order valence-corrected chi connectivity index (χ2v) is 5.41. The second kappa shape index (κ2) is 4.44. The highest BCUT2D eigenvalue weighted by Crippen LogP contribution is 2.25. The van der Waals surface area contributed by atoms with Gasteiger partial charge in [-0.1, -0.05) is 17.7 Å². The number of hydrogen-bond acceptors (Lipinski definition) is 2. The maximum Gasteiger partial charge on any atom is 0.178 e. The van der Waals surface area contributed by atoms with Gasteiger partial charge in [-0.2, -0.15) is 0 Å². The minimum absolute atomic E-state index is 0.285. The van der Waals surface area contributed by atoms with Gasteiger partial charge >= 0.3 is 0 Å². The van der Waals surface area contributed by atoms with Crippen LogP contribution in [-0.2, 0) is 11.3 Å². The van der Waals surface area contributed by atoms with Crippen LogP contribution in [0.1, 0.15) is 13.8 Å². The molecule has 17 heavy (non-hydrogen) atoms. The summed E-state index contributed by atoms with van der Waals surface area (Å²) >= 11 is 11.5. The minimum Gasteiger partial charge on any atom is -0.377 e. The van der Waals surface area contributed by atoms with E-state index in [9.17, 15) is 0 Å². The van der Waals surface area contributed by atoms with E-state index in [2.05, 4.69) is 4.98 Å². The van der Waals surface area contributed by atoms with E-state index in [-0.39, 0.29) is 5.60 Å². The van der Waals surface area contributed by atoms with Gasteiger partial charge in [-0.25, -0.2) is 0 Å². The third-order valence-electron chi connectivity index (χ3n) is 2.83. The van der Waals surface area contributed by atoms with Crippen molar-refractivity contribution in [2.24, 2.45) is 0 Å². The maximum atomic E-state index is 6.22. The van der Waals surface area contributed by atoms with Crippen LogP contribution >= 0.6 is 23.8 Å². The Balaban J connectivity index is 2.61. The summed E-state index contributed by atoms with van der Waals surface area (Å²) in [4.78, 5) is 3.15. The molecule has 92 valence electrons. The van der Waals surface area contributed by atoms with E-state index in [1.807, 2.05) is 36.6 Å². The van der Waals surface area contributed by atoms with Crippen LogP contribution in [0.2, 0.25) is 5.02 Å². The molecule has 1 heterocycles. The Morgan fingerprint density at radius 2 is 2.18 bits per heavy atom. The SMILES string of the molecule is COC(C)(C)Cn1c(=S)[nH]c2cccc(Cl)c21. The van der Waals surface area contributed by atoms with E-state index in [1.165, 1.54) is 0 Å². The molecule has 2 aromatic rings. The fraction of sp³-hybridized carbons (Fsp3) is 0.417. The third-order valence-corrected chi connectivity index (χ3v) is 3.46. The number of methoxy groups -OCH3 is 1. The van der Waals surface area contributed by atoms with Gasteiger partial charge in [-0.3, -0.25) is 0 Å². The number of nitrogens with zero attached hydrogens (tertiary/aromatic N) is 1. The molecule has 0 radical (unpaired) electrons. The smallest absolute Gasteiger partial charge is 0.178 e. The number of hydrogen-bond donors (Lipinski definition) is 1. The van der Waals surface area contributed by atoms with E-state index in [0.29, 0.717) is 16.3 Å². The quantitative estimate of drug-likeness (QED) is 0.861. The molecule has 0 saturated heterocycles. The average molecular weight is 271 g/mol. The molecule has 0 spiro atoms. The van der Waals surface area contributed by atoms with Gasteiger partial charge in [0, 0.05) is 7.11 Å². The summed E-state index contributed by atoms with van der Waals surface area (Å²) in [6, 6.07) is 5.73. The number of aromatic nitrogens is 2. The molecule has 1 N–H and O–H groups in total. The number of nitrogens with one attached hydrogen (secondary N) is 1. The number of halogens is 1. The van der Waals surface area contributed by atoms with Gasteiger partial charge in [-0.15, -0.1) is 0 Å². The number of rotatable bonds is 3. The molecule has 1 aromatic carbocycles. The molecular formula is C12H15ClN2OS. The molecule has 0 aliphatic rings. The maximum absolute atomic E-state index is 6.22. The number of H-pyrrole nitrogens is 1. The van der Waals surface area contributed by atoms with E-state index in [0.717, 1.165) is 11.0 Å². The lowest BCUT2D eigenvalue weighted by Crippen LogP contribution is -2.29. The highest BCUT2D eigenvalue weighted by Gasteiger charge is 2.20. The number of para-hydroxylation sites is 1. The van der Waals surface area contributed by atoms with Crippen LogP contribution in [0.25, 0.3) is 11.0 Å². The largest absolute Gasteiger partial charge is 0.377 e. The monoisotopic (exact) mass is 270 g/mol. The molecule has 0 saturated carbocycles. The van der Waals surface area contributed by atoms with Crippen LogP contribution < -0.4 is 0 Å². The van der Waals surface area contributed by atoms with Crippen molar-refractivity contribution >= 4 is 34.9 Å². The Hall–Kier alpha value is -0.840. The summed E-state index contributed by atoms with van der Waals surface area (Å²) in [6.45, 7) is 4.70. The third kappa shape index (κ3) is 2.39. The molecule has 0 bridgehead atoms. The summed E-state index contributed by atoms with van der Waals surface area (Å²) in [5.74, 6) is 0. The van der Waals surface area contributed by atoms with Gasteiger partial charge in [0.15, 0.2) is 4.77 Å². The topological polar surface area (TPSA) is 29.9 Å². The molecule has 0 amide bonds. The summed E-state index contributed by atoms with van der Waals surface area (Å²) in [5.41, 5.74) is 1.60. The predicted octanol–water partition coefficient (Wildman–Crippen LogP) is 3.78. The van der Waals surface area contributed by atoms with Gasteiger partial charge in [-0.05, 0) is 38.2 Å². The Morgan fingerprint density at radius 3 is 2.82 bits per heavy atom. The van der Waals surface area contributed by atoms with Crippen LogP contribution in [0, 0.1) is 4.77 Å². The fourth-order valence-corrected chi connectivity index (χ4v) is 2.31. The zero-order valence-corrected chi connectivity index (χ0v) is 11.7. The zero-order chi connectivity index (χ0) is 12.6. The number of fused-ring (bicyclic) bond motifs is 1. The molecule has 0 atom stereocenters. The Bertz CT molecular complexity index is 600. The van der Waals surface area contributed by atoms with E-state index in [4.69, 9.17) is 28.6 Å². The highest BCUT2D eigenvalue weighted by molar-refractivity contribution is 7.71. The molecule has 0 unspecified atom stereocenters. The van der Waals surface area contributed by atoms with E-state index in [1.54, 1.807) is 7.11 Å². The Labute approximate surface area is 110 Å². The summed E-state index contributed by atoms with van der Waals surface area (Å²) < 4.78 is 8.08. The van der Waals surface area contributed by atoms with Crippen LogP contribution in [-0.4, -0.2) is 22.3 Å². The molecule has 2 rings (SSSR count). The number of ether oxygens (including phenoxy) is 1. The van der Waals surface area contributed by atoms with Crippen molar-refractivity contribution in [1.82, 2.24) is 9.55 Å². The van der Waals surface area contributed by atoms with Gasteiger partial charge in [0.05, 0.1) is 28.2 Å². The molecule has 1 aromatic heterocycles. The normalized spacial score (nSPS) is 12.2. The fourth-order valence-electron chi connectivity index (χ4n) is 1.77. The summed E-state index contributed by atoms with van der Waals surface area (Å²) in [7, 11) is 1.69. The van der Waals surface area contributed by atoms with Crippen molar-refractivity contribution in [3.63, 3.8) is 0 Å². The Morgan fingerprint density at radius 1 is 1.47 bits per heavy atom. The van der Waals surface area contributed by atoms with E-state index < -0.39 is 0 Å². The lowest BCUT2D eigenvalue weighted by Gasteiger charge is -2.23. The standard InChI is InChI=1S/C12H15ClN2OS/c1-12(2,16-3)7-15-10-8(13)5-4-6-9(10)14-11(15)17/h4-6H,7H2,1-3H3,(H,14,17). The van der Waals surface area contributed by atoms with Crippen molar-refractivity contribution < 1.29 is 4.74 Å². The summed E-state index contributed by atoms with van der Waals surface area (Å²) in [5, 5.41) is 0.696. The van der Waals surface area contributed by atoms with Crippen molar-refractivity contribution in [2.45, 2.75) is 26.0 Å². The number of aromatic amines is 1. The Kier molecular flexibility index (Phi) is 3.30.